The van der Waals surface area contributed by atoms with E-state index in [2.05, 4.69) is 31.3 Å². The first-order valence-corrected chi connectivity index (χ1v) is 9.18. The summed E-state index contributed by atoms with van der Waals surface area (Å²) in [5, 5.41) is 2.78. The third-order valence-electron chi connectivity index (χ3n) is 5.16. The summed E-state index contributed by atoms with van der Waals surface area (Å²) in [5.41, 5.74) is 3.31. The van der Waals surface area contributed by atoms with E-state index < -0.39 is 0 Å². The second-order valence-electron chi connectivity index (χ2n) is 7.45. The van der Waals surface area contributed by atoms with E-state index in [0.717, 1.165) is 18.5 Å². The van der Waals surface area contributed by atoms with Crippen LogP contribution in [0.1, 0.15) is 37.8 Å². The summed E-state index contributed by atoms with van der Waals surface area (Å²) >= 11 is 0. The molecule has 0 saturated heterocycles. The first-order valence-electron chi connectivity index (χ1n) is 9.18. The van der Waals surface area contributed by atoms with Crippen LogP contribution >= 0.6 is 0 Å². The van der Waals surface area contributed by atoms with Crippen molar-refractivity contribution in [3.8, 4) is 0 Å². The molecule has 2 aromatic rings. The van der Waals surface area contributed by atoms with Gasteiger partial charge in [-0.25, -0.2) is 0 Å². The number of carbonyl (C=O) groups is 2. The highest BCUT2D eigenvalue weighted by atomic mass is 16.2. The molecule has 0 spiro atoms. The molecule has 136 valence electrons. The zero-order valence-corrected chi connectivity index (χ0v) is 15.5. The van der Waals surface area contributed by atoms with E-state index in [1.807, 2.05) is 42.5 Å². The standard InChI is InChI=1S/C22H26N2O2/c1-22(2,18-9-4-3-5-10-18)14-12-20(25)23-16-21(26)24-15-13-17-8-6-7-11-19(17)24/h3-11H,12-16H2,1-2H3,(H,23,25). The van der Waals surface area contributed by atoms with Crippen molar-refractivity contribution in [1.82, 2.24) is 5.32 Å². The van der Waals surface area contributed by atoms with Crippen LogP contribution in [0.15, 0.2) is 54.6 Å². The van der Waals surface area contributed by atoms with Gasteiger partial charge < -0.3 is 10.2 Å². The Bertz CT molecular complexity index is 784. The maximum absolute atomic E-state index is 12.4. The second kappa shape index (κ2) is 7.73. The molecule has 0 aromatic heterocycles. The molecule has 1 heterocycles. The van der Waals surface area contributed by atoms with E-state index in [9.17, 15) is 9.59 Å². The minimum Gasteiger partial charge on any atom is -0.347 e. The number of benzene rings is 2. The summed E-state index contributed by atoms with van der Waals surface area (Å²) in [6, 6.07) is 18.1. The van der Waals surface area contributed by atoms with Crippen molar-refractivity contribution in [1.29, 1.82) is 0 Å². The predicted octanol–water partition coefficient (Wildman–Crippen LogP) is 3.45. The summed E-state index contributed by atoms with van der Waals surface area (Å²) in [4.78, 5) is 26.4. The number of hydrogen-bond donors (Lipinski definition) is 1. The SMILES string of the molecule is CC(C)(CCC(=O)NCC(=O)N1CCc2ccccc21)c1ccccc1. The fourth-order valence-corrected chi connectivity index (χ4v) is 3.42. The van der Waals surface area contributed by atoms with Crippen LogP contribution in [-0.2, 0) is 21.4 Å². The van der Waals surface area contributed by atoms with Gasteiger partial charge in [-0.1, -0.05) is 62.4 Å². The fourth-order valence-electron chi connectivity index (χ4n) is 3.42. The number of fused-ring (bicyclic) bond motifs is 1. The minimum absolute atomic E-state index is 0.0504. The highest BCUT2D eigenvalue weighted by molar-refractivity contribution is 5.98. The van der Waals surface area contributed by atoms with Gasteiger partial charge in [-0.05, 0) is 35.4 Å². The number of nitrogens with zero attached hydrogens (tertiary/aromatic N) is 1. The van der Waals surface area contributed by atoms with Crippen LogP contribution in [0.4, 0.5) is 5.69 Å². The zero-order valence-electron chi connectivity index (χ0n) is 15.5. The number of carbonyl (C=O) groups excluding carboxylic acids is 2. The van der Waals surface area contributed by atoms with Gasteiger partial charge in [-0.15, -0.1) is 0 Å². The van der Waals surface area contributed by atoms with Gasteiger partial charge in [-0.2, -0.15) is 0 Å². The molecule has 1 aliphatic heterocycles. The summed E-state index contributed by atoms with van der Waals surface area (Å²) in [6.07, 6.45) is 2.02. The molecule has 0 aliphatic carbocycles. The second-order valence-corrected chi connectivity index (χ2v) is 7.45. The maximum Gasteiger partial charge on any atom is 0.246 e. The number of para-hydroxylation sites is 1. The van der Waals surface area contributed by atoms with Crippen LogP contribution < -0.4 is 10.2 Å². The lowest BCUT2D eigenvalue weighted by molar-refractivity contribution is -0.125. The molecule has 3 rings (SSSR count). The lowest BCUT2D eigenvalue weighted by Gasteiger charge is -2.25. The largest absolute Gasteiger partial charge is 0.347 e. The Morgan fingerprint density at radius 2 is 1.73 bits per heavy atom. The normalized spacial score (nSPS) is 13.4. The summed E-state index contributed by atoms with van der Waals surface area (Å²) in [5.74, 6) is -0.125. The van der Waals surface area contributed by atoms with Gasteiger partial charge in [0.2, 0.25) is 11.8 Å². The monoisotopic (exact) mass is 350 g/mol. The third kappa shape index (κ3) is 4.13. The van der Waals surface area contributed by atoms with Crippen LogP contribution in [0, 0.1) is 0 Å². The van der Waals surface area contributed by atoms with E-state index in [-0.39, 0.29) is 23.8 Å². The zero-order chi connectivity index (χ0) is 18.6. The van der Waals surface area contributed by atoms with Crippen molar-refractivity contribution in [2.75, 3.05) is 18.0 Å². The number of nitrogens with one attached hydrogen (secondary N) is 1. The number of rotatable bonds is 6. The number of hydrogen-bond acceptors (Lipinski definition) is 2. The average Bonchev–Trinajstić information content (AvgIpc) is 3.09. The van der Waals surface area contributed by atoms with Gasteiger partial charge >= 0.3 is 0 Å². The molecule has 2 amide bonds. The Balaban J connectivity index is 1.48. The molecule has 2 aromatic carbocycles. The molecule has 1 aliphatic rings. The Morgan fingerprint density at radius 1 is 1.04 bits per heavy atom. The highest BCUT2D eigenvalue weighted by Gasteiger charge is 2.25. The summed E-state index contributed by atoms with van der Waals surface area (Å²) in [7, 11) is 0. The highest BCUT2D eigenvalue weighted by Crippen LogP contribution is 2.28. The molecular formula is C22H26N2O2. The molecule has 0 atom stereocenters. The molecular weight excluding hydrogens is 324 g/mol. The quantitative estimate of drug-likeness (QED) is 0.867. The lowest BCUT2D eigenvalue weighted by Crippen LogP contribution is -2.39. The van der Waals surface area contributed by atoms with Crippen LogP contribution in [0.3, 0.4) is 0 Å². The molecule has 1 N–H and O–H groups in total. The van der Waals surface area contributed by atoms with Gasteiger partial charge in [0.15, 0.2) is 0 Å². The van der Waals surface area contributed by atoms with E-state index in [4.69, 9.17) is 0 Å². The van der Waals surface area contributed by atoms with Crippen LogP contribution in [0.25, 0.3) is 0 Å². The van der Waals surface area contributed by atoms with Crippen LogP contribution in [0.2, 0.25) is 0 Å². The number of amides is 2. The van der Waals surface area contributed by atoms with E-state index >= 15 is 0 Å². The van der Waals surface area contributed by atoms with Gasteiger partial charge in [0.05, 0.1) is 6.54 Å². The lowest BCUT2D eigenvalue weighted by atomic mass is 9.80. The predicted molar refractivity (Wildman–Crippen MR) is 104 cm³/mol. The molecule has 0 fully saturated rings. The third-order valence-corrected chi connectivity index (χ3v) is 5.16. The minimum atomic E-state index is -0.0742. The smallest absolute Gasteiger partial charge is 0.246 e. The maximum atomic E-state index is 12.4. The molecule has 0 unspecified atom stereocenters. The molecule has 0 bridgehead atoms. The molecule has 26 heavy (non-hydrogen) atoms. The molecule has 0 saturated carbocycles. The Kier molecular flexibility index (Phi) is 5.40. The van der Waals surface area contributed by atoms with Gasteiger partial charge in [0.25, 0.3) is 0 Å². The van der Waals surface area contributed by atoms with Gasteiger partial charge in [0.1, 0.15) is 0 Å². The van der Waals surface area contributed by atoms with Gasteiger partial charge in [-0.3, -0.25) is 9.59 Å². The molecule has 0 radical (unpaired) electrons. The van der Waals surface area contributed by atoms with E-state index in [1.165, 1.54) is 11.1 Å². The Labute approximate surface area is 155 Å². The van der Waals surface area contributed by atoms with Crippen molar-refractivity contribution in [3.05, 3.63) is 65.7 Å². The van der Waals surface area contributed by atoms with Crippen molar-refractivity contribution in [2.45, 2.75) is 38.5 Å². The van der Waals surface area contributed by atoms with E-state index in [1.54, 1.807) is 4.90 Å². The van der Waals surface area contributed by atoms with Crippen molar-refractivity contribution >= 4 is 17.5 Å². The first-order chi connectivity index (χ1) is 12.5. The first kappa shape index (κ1) is 18.2. The summed E-state index contributed by atoms with van der Waals surface area (Å²) < 4.78 is 0. The number of anilines is 1. The topological polar surface area (TPSA) is 49.4 Å². The molecule has 4 heteroatoms. The molecule has 4 nitrogen and oxygen atoms in total. The Hall–Kier alpha value is -2.62. The fraction of sp³-hybridized carbons (Fsp3) is 0.364. The Morgan fingerprint density at radius 3 is 2.50 bits per heavy atom. The summed E-state index contributed by atoms with van der Waals surface area (Å²) in [6.45, 7) is 5.03. The van der Waals surface area contributed by atoms with Gasteiger partial charge in [0, 0.05) is 18.7 Å². The van der Waals surface area contributed by atoms with Crippen molar-refractivity contribution < 1.29 is 9.59 Å². The van der Waals surface area contributed by atoms with Crippen LogP contribution in [0.5, 0.6) is 0 Å². The van der Waals surface area contributed by atoms with Crippen molar-refractivity contribution in [2.24, 2.45) is 0 Å². The van der Waals surface area contributed by atoms with E-state index in [0.29, 0.717) is 13.0 Å². The van der Waals surface area contributed by atoms with Crippen molar-refractivity contribution in [3.63, 3.8) is 0 Å². The van der Waals surface area contributed by atoms with Crippen LogP contribution in [-0.4, -0.2) is 24.9 Å². The average molecular weight is 350 g/mol.